The fourth-order valence-corrected chi connectivity index (χ4v) is 4.60. The smallest absolute Gasteiger partial charge is 0.317 e. The summed E-state index contributed by atoms with van der Waals surface area (Å²) < 4.78 is 5.73. The molecule has 0 bridgehead atoms. The molecule has 2 aromatic carbocycles. The monoisotopic (exact) mass is 449 g/mol. The van der Waals surface area contributed by atoms with Crippen molar-refractivity contribution in [1.29, 1.82) is 0 Å². The van der Waals surface area contributed by atoms with Crippen LogP contribution in [0.4, 0.5) is 5.69 Å². The van der Waals surface area contributed by atoms with E-state index in [0.717, 1.165) is 33.0 Å². The number of nitrogens with zero attached hydrogens (tertiary/aromatic N) is 3. The van der Waals surface area contributed by atoms with Gasteiger partial charge in [0.25, 0.3) is 0 Å². The lowest BCUT2D eigenvalue weighted by molar-refractivity contribution is -0.138. The van der Waals surface area contributed by atoms with Crippen LogP contribution in [-0.2, 0) is 17.8 Å². The molecule has 0 saturated carbocycles. The van der Waals surface area contributed by atoms with Crippen LogP contribution in [-0.4, -0.2) is 40.7 Å². The highest BCUT2D eigenvalue weighted by Crippen LogP contribution is 2.38. The van der Waals surface area contributed by atoms with Crippen molar-refractivity contribution >= 4 is 23.0 Å². The third kappa shape index (κ3) is 5.52. The van der Waals surface area contributed by atoms with Gasteiger partial charge in [0.15, 0.2) is 0 Å². The molecule has 32 heavy (non-hydrogen) atoms. The highest BCUT2D eigenvalue weighted by molar-refractivity contribution is 7.18. The number of likely N-dealkylation sites (N-methyl/N-ethyl adjacent to an activating group) is 1. The number of carboxylic acids is 1. The van der Waals surface area contributed by atoms with Crippen molar-refractivity contribution in [2.24, 2.45) is 0 Å². The first-order valence-corrected chi connectivity index (χ1v) is 11.3. The third-order valence-corrected chi connectivity index (χ3v) is 6.01. The van der Waals surface area contributed by atoms with Gasteiger partial charge in [-0.2, -0.15) is 0 Å². The number of ether oxygens (including phenoxy) is 1. The number of aromatic nitrogens is 1. The molecule has 3 rings (SSSR count). The van der Waals surface area contributed by atoms with E-state index < -0.39 is 5.97 Å². The Kier molecular flexibility index (Phi) is 7.62. The number of rotatable bonds is 9. The maximum atomic E-state index is 11.0. The van der Waals surface area contributed by atoms with E-state index in [2.05, 4.69) is 28.9 Å². The first-order valence-electron chi connectivity index (χ1n) is 10.5. The molecule has 0 aliphatic rings. The van der Waals surface area contributed by atoms with Gasteiger partial charge in [0.1, 0.15) is 10.8 Å². The molecule has 0 amide bonds. The molecule has 7 heteroatoms. The van der Waals surface area contributed by atoms with Crippen molar-refractivity contribution in [3.8, 4) is 26.8 Å². The number of aliphatic carboxylic acids is 1. The number of carbonyl (C=O) groups is 1. The summed E-state index contributed by atoms with van der Waals surface area (Å²) in [5.74, 6) is -0.251. The number of thiazole rings is 1. The predicted octanol–water partition coefficient (Wildman–Crippen LogP) is 5.89. The molecule has 166 valence electrons. The maximum absolute atomic E-state index is 11.0. The molecule has 6 nitrogen and oxygen atoms in total. The molecular weight excluding hydrogens is 422 g/mol. The van der Waals surface area contributed by atoms with Crippen molar-refractivity contribution in [1.82, 2.24) is 9.88 Å². The van der Waals surface area contributed by atoms with Gasteiger partial charge in [-0.1, -0.05) is 31.2 Å². The Bertz CT molecular complexity index is 1150. The van der Waals surface area contributed by atoms with Crippen LogP contribution >= 0.6 is 11.3 Å². The summed E-state index contributed by atoms with van der Waals surface area (Å²) in [7, 11) is 1.81. The van der Waals surface area contributed by atoms with E-state index in [-0.39, 0.29) is 12.6 Å². The van der Waals surface area contributed by atoms with Crippen LogP contribution in [0.1, 0.15) is 31.9 Å². The van der Waals surface area contributed by atoms with Crippen LogP contribution in [0.15, 0.2) is 42.6 Å². The van der Waals surface area contributed by atoms with Crippen LogP contribution in [0, 0.1) is 6.57 Å². The minimum atomic E-state index is -0.836. The third-order valence-electron chi connectivity index (χ3n) is 4.93. The van der Waals surface area contributed by atoms with E-state index in [9.17, 15) is 4.79 Å². The topological polar surface area (TPSA) is 67.0 Å². The first kappa shape index (κ1) is 23.5. The Labute approximate surface area is 192 Å². The first-order chi connectivity index (χ1) is 15.3. The molecule has 0 fully saturated rings. The summed E-state index contributed by atoms with van der Waals surface area (Å²) in [6.07, 6.45) is 2.71. The quantitative estimate of drug-likeness (QED) is 0.412. The lowest BCUT2D eigenvalue weighted by Gasteiger charge is -2.18. The van der Waals surface area contributed by atoms with Crippen LogP contribution in [0.2, 0.25) is 0 Å². The molecule has 0 unspecified atom stereocenters. The van der Waals surface area contributed by atoms with E-state index in [4.69, 9.17) is 16.4 Å². The summed E-state index contributed by atoms with van der Waals surface area (Å²) in [4.78, 5) is 22.1. The van der Waals surface area contributed by atoms with Gasteiger partial charge in [-0.05, 0) is 56.1 Å². The minimum Gasteiger partial charge on any atom is -0.502 e. The highest BCUT2D eigenvalue weighted by Gasteiger charge is 2.15. The minimum absolute atomic E-state index is 0.00194. The Morgan fingerprint density at radius 1 is 1.31 bits per heavy atom. The molecule has 0 aliphatic carbocycles. The molecule has 0 atom stereocenters. The number of benzene rings is 2. The van der Waals surface area contributed by atoms with Crippen molar-refractivity contribution in [3.05, 3.63) is 65.1 Å². The second kappa shape index (κ2) is 10.4. The summed E-state index contributed by atoms with van der Waals surface area (Å²) in [6.45, 7) is 14.0. The largest absolute Gasteiger partial charge is 0.502 e. The van der Waals surface area contributed by atoms with Crippen molar-refractivity contribution in [3.63, 3.8) is 0 Å². The van der Waals surface area contributed by atoms with Gasteiger partial charge in [-0.3, -0.25) is 9.69 Å². The maximum Gasteiger partial charge on any atom is 0.317 e. The normalized spacial score (nSPS) is 11.0. The zero-order valence-electron chi connectivity index (χ0n) is 18.8. The molecule has 1 N–H and O–H groups in total. The van der Waals surface area contributed by atoms with Gasteiger partial charge in [0, 0.05) is 18.3 Å². The predicted molar refractivity (Wildman–Crippen MR) is 128 cm³/mol. The molecule has 3 aromatic rings. The Balaban J connectivity index is 1.92. The second-order valence-electron chi connectivity index (χ2n) is 7.85. The van der Waals surface area contributed by atoms with Crippen LogP contribution in [0.3, 0.4) is 0 Å². The zero-order chi connectivity index (χ0) is 23.3. The Hall–Kier alpha value is -3.21. The van der Waals surface area contributed by atoms with E-state index in [1.54, 1.807) is 16.2 Å². The molecule has 0 saturated heterocycles. The second-order valence-corrected chi connectivity index (χ2v) is 8.88. The molecule has 1 heterocycles. The lowest BCUT2D eigenvalue weighted by Crippen LogP contribution is -2.25. The van der Waals surface area contributed by atoms with E-state index in [1.165, 1.54) is 5.56 Å². The Morgan fingerprint density at radius 2 is 2.09 bits per heavy atom. The number of carboxylic acid groups (broad SMARTS) is 1. The van der Waals surface area contributed by atoms with Crippen molar-refractivity contribution in [2.45, 2.75) is 39.8 Å². The molecule has 0 radical (unpaired) electrons. The SMILES string of the molecule is [C-]#[N+]c1cc(-c2ncc(-c3cccc(CN(C)CC(=O)O)c3CC)s2)ccc1OC(C)C. The fourth-order valence-electron chi connectivity index (χ4n) is 3.63. The van der Waals surface area contributed by atoms with Crippen LogP contribution in [0.5, 0.6) is 5.75 Å². The molecule has 0 spiro atoms. The van der Waals surface area contributed by atoms with Gasteiger partial charge in [-0.25, -0.2) is 9.83 Å². The summed E-state index contributed by atoms with van der Waals surface area (Å²) in [5, 5.41) is 9.90. The zero-order valence-corrected chi connectivity index (χ0v) is 19.6. The van der Waals surface area contributed by atoms with E-state index in [1.807, 2.05) is 51.4 Å². The molecular formula is C25H27N3O3S. The Morgan fingerprint density at radius 3 is 2.75 bits per heavy atom. The number of hydrogen-bond donors (Lipinski definition) is 1. The standard InChI is InChI=1S/C25H27N3O3S/c1-6-19-18(14-28(5)15-24(29)30)8-7-9-20(19)23-13-27-25(32-23)17-10-11-22(31-16(2)3)21(12-17)26-4/h7-13,16H,6,14-15H2,1-3,5H3,(H,29,30). The van der Waals surface area contributed by atoms with Crippen LogP contribution in [0.25, 0.3) is 25.9 Å². The highest BCUT2D eigenvalue weighted by atomic mass is 32.1. The number of hydrogen-bond acceptors (Lipinski definition) is 5. The van der Waals surface area contributed by atoms with E-state index >= 15 is 0 Å². The van der Waals surface area contributed by atoms with E-state index in [0.29, 0.717) is 18.0 Å². The average molecular weight is 450 g/mol. The van der Waals surface area contributed by atoms with Gasteiger partial charge >= 0.3 is 5.97 Å². The average Bonchev–Trinajstić information content (AvgIpc) is 3.23. The summed E-state index contributed by atoms with van der Waals surface area (Å²) in [6, 6.07) is 11.7. The molecule has 0 aliphatic heterocycles. The molecule has 1 aromatic heterocycles. The van der Waals surface area contributed by atoms with Gasteiger partial charge in [0.05, 0.1) is 24.1 Å². The van der Waals surface area contributed by atoms with Crippen molar-refractivity contribution < 1.29 is 14.6 Å². The van der Waals surface area contributed by atoms with Crippen molar-refractivity contribution in [2.75, 3.05) is 13.6 Å². The van der Waals surface area contributed by atoms with Gasteiger partial charge in [0.2, 0.25) is 5.69 Å². The van der Waals surface area contributed by atoms with Gasteiger partial charge < -0.3 is 9.84 Å². The summed E-state index contributed by atoms with van der Waals surface area (Å²) in [5.41, 5.74) is 4.80. The fraction of sp³-hybridized carbons (Fsp3) is 0.320. The lowest BCUT2D eigenvalue weighted by atomic mass is 9.97. The van der Waals surface area contributed by atoms with Gasteiger partial charge in [-0.15, -0.1) is 11.3 Å². The van der Waals surface area contributed by atoms with Crippen LogP contribution < -0.4 is 4.74 Å². The summed E-state index contributed by atoms with van der Waals surface area (Å²) >= 11 is 1.58.